The van der Waals surface area contributed by atoms with Crippen molar-refractivity contribution in [2.75, 3.05) is 0 Å². The number of carbonyl (C=O) groups is 2. The van der Waals surface area contributed by atoms with Crippen LogP contribution in [0.3, 0.4) is 0 Å². The van der Waals surface area contributed by atoms with Gasteiger partial charge in [0.1, 0.15) is 10.9 Å². The largest absolute Gasteiger partial charge is 0.480 e. The van der Waals surface area contributed by atoms with E-state index in [0.717, 1.165) is 24.4 Å². The molecule has 0 spiro atoms. The minimum Gasteiger partial charge on any atom is -0.480 e. The van der Waals surface area contributed by atoms with Crippen LogP contribution in [0.4, 0.5) is 0 Å². The Balaban J connectivity index is 2.05. The lowest BCUT2D eigenvalue weighted by molar-refractivity contribution is -0.139. The molecule has 6 nitrogen and oxygen atoms in total. The first kappa shape index (κ1) is 13.9. The zero-order valence-electron chi connectivity index (χ0n) is 10.9. The number of rotatable bonds is 6. The molecule has 2 N–H and O–H groups in total. The van der Waals surface area contributed by atoms with Gasteiger partial charge >= 0.3 is 5.97 Å². The van der Waals surface area contributed by atoms with E-state index in [9.17, 15) is 9.59 Å². The van der Waals surface area contributed by atoms with Gasteiger partial charge in [-0.15, -0.1) is 5.10 Å². The van der Waals surface area contributed by atoms with Crippen LogP contribution >= 0.6 is 11.5 Å². The van der Waals surface area contributed by atoms with Gasteiger partial charge in [0.25, 0.3) is 5.91 Å². The highest BCUT2D eigenvalue weighted by Gasteiger charge is 2.31. The van der Waals surface area contributed by atoms with E-state index in [1.54, 1.807) is 0 Å². The van der Waals surface area contributed by atoms with E-state index in [0.29, 0.717) is 22.9 Å². The van der Waals surface area contributed by atoms with Crippen LogP contribution in [-0.2, 0) is 4.79 Å². The Morgan fingerprint density at radius 1 is 1.47 bits per heavy atom. The second kappa shape index (κ2) is 5.64. The fraction of sp³-hybridized carbons (Fsp3) is 0.667. The second-order valence-electron chi connectivity index (χ2n) is 5.19. The van der Waals surface area contributed by atoms with Crippen molar-refractivity contribution in [2.45, 2.75) is 45.1 Å². The number of amides is 1. The van der Waals surface area contributed by atoms with Crippen molar-refractivity contribution in [1.29, 1.82) is 0 Å². The maximum atomic E-state index is 12.1. The molecule has 1 fully saturated rings. The molecule has 1 aromatic heterocycles. The summed E-state index contributed by atoms with van der Waals surface area (Å²) in [5.41, 5.74) is 0.623. The van der Waals surface area contributed by atoms with Gasteiger partial charge < -0.3 is 10.4 Å². The van der Waals surface area contributed by atoms with E-state index in [-0.39, 0.29) is 11.8 Å². The minimum atomic E-state index is -0.983. The van der Waals surface area contributed by atoms with E-state index in [4.69, 9.17) is 5.11 Å². The maximum Gasteiger partial charge on any atom is 0.326 e. The molecule has 2 rings (SSSR count). The molecule has 0 radical (unpaired) electrons. The number of aliphatic carboxylic acids is 1. The van der Waals surface area contributed by atoms with Crippen molar-refractivity contribution >= 4 is 23.4 Å². The smallest absolute Gasteiger partial charge is 0.326 e. The first-order chi connectivity index (χ1) is 8.99. The summed E-state index contributed by atoms with van der Waals surface area (Å²) in [6.07, 6.45) is 2.61. The SMILES string of the molecule is CC(C)c1nnsc1C(=O)NC(CC1CC1)C(=O)O. The highest BCUT2D eigenvalue weighted by molar-refractivity contribution is 7.08. The molecule has 1 aliphatic carbocycles. The van der Waals surface area contributed by atoms with Crippen molar-refractivity contribution in [3.8, 4) is 0 Å². The zero-order valence-corrected chi connectivity index (χ0v) is 11.7. The molecule has 0 aliphatic heterocycles. The molecule has 1 aromatic rings. The van der Waals surface area contributed by atoms with Gasteiger partial charge in [0.15, 0.2) is 0 Å². The topological polar surface area (TPSA) is 92.2 Å². The summed E-state index contributed by atoms with van der Waals surface area (Å²) in [4.78, 5) is 23.7. The number of aromatic nitrogens is 2. The third-order valence-electron chi connectivity index (χ3n) is 3.14. The van der Waals surface area contributed by atoms with Crippen LogP contribution in [0.15, 0.2) is 0 Å². The van der Waals surface area contributed by atoms with Crippen molar-refractivity contribution in [3.63, 3.8) is 0 Å². The average Bonchev–Trinajstić information content (AvgIpc) is 3.01. The molecule has 19 heavy (non-hydrogen) atoms. The number of carbonyl (C=O) groups excluding carboxylic acids is 1. The molecule has 1 aliphatic rings. The van der Waals surface area contributed by atoms with Crippen LogP contribution in [0.5, 0.6) is 0 Å². The van der Waals surface area contributed by atoms with Gasteiger partial charge in [-0.1, -0.05) is 31.2 Å². The van der Waals surface area contributed by atoms with Crippen LogP contribution in [0.25, 0.3) is 0 Å². The Morgan fingerprint density at radius 2 is 2.16 bits per heavy atom. The number of carboxylic acid groups (broad SMARTS) is 1. The Hall–Kier alpha value is -1.50. The summed E-state index contributed by atoms with van der Waals surface area (Å²) < 4.78 is 3.77. The van der Waals surface area contributed by atoms with Gasteiger partial charge in [-0.3, -0.25) is 4.79 Å². The summed E-state index contributed by atoms with van der Waals surface area (Å²) in [6, 6.07) is -0.817. The Morgan fingerprint density at radius 3 is 2.68 bits per heavy atom. The van der Waals surface area contributed by atoms with Crippen LogP contribution in [0.2, 0.25) is 0 Å². The Labute approximate surface area is 115 Å². The standard InChI is InChI=1S/C12H17N3O3S/c1-6(2)9-10(19-15-14-9)11(16)13-8(12(17)18)5-7-3-4-7/h6-8H,3-5H2,1-2H3,(H,13,16)(H,17,18). The predicted molar refractivity (Wildman–Crippen MR) is 70.2 cm³/mol. The van der Waals surface area contributed by atoms with Crippen LogP contribution in [-0.4, -0.2) is 32.6 Å². The zero-order chi connectivity index (χ0) is 14.0. The summed E-state index contributed by atoms with van der Waals surface area (Å²) >= 11 is 1.01. The van der Waals surface area contributed by atoms with E-state index in [2.05, 4.69) is 14.9 Å². The number of carboxylic acids is 1. The molecule has 1 unspecified atom stereocenters. The van der Waals surface area contributed by atoms with Crippen molar-refractivity contribution in [1.82, 2.24) is 14.9 Å². The molecule has 7 heteroatoms. The molecule has 104 valence electrons. The van der Waals surface area contributed by atoms with E-state index < -0.39 is 12.0 Å². The first-order valence-electron chi connectivity index (χ1n) is 6.35. The van der Waals surface area contributed by atoms with Gasteiger partial charge in [-0.05, 0) is 29.8 Å². The average molecular weight is 283 g/mol. The van der Waals surface area contributed by atoms with E-state index >= 15 is 0 Å². The predicted octanol–water partition coefficient (Wildman–Crippen LogP) is 1.64. The maximum absolute atomic E-state index is 12.1. The van der Waals surface area contributed by atoms with Crippen LogP contribution < -0.4 is 5.32 Å². The molecule has 1 atom stereocenters. The quantitative estimate of drug-likeness (QED) is 0.828. The molecule has 0 saturated heterocycles. The molecule has 1 saturated carbocycles. The molecular weight excluding hydrogens is 266 g/mol. The normalized spacial score (nSPS) is 16.4. The summed E-state index contributed by atoms with van der Waals surface area (Å²) in [6.45, 7) is 3.85. The fourth-order valence-corrected chi connectivity index (χ4v) is 2.59. The lowest BCUT2D eigenvalue weighted by Crippen LogP contribution is -2.41. The van der Waals surface area contributed by atoms with Gasteiger partial charge in [-0.2, -0.15) is 0 Å². The lowest BCUT2D eigenvalue weighted by Gasteiger charge is -2.13. The Bertz CT molecular complexity index is 482. The lowest BCUT2D eigenvalue weighted by atomic mass is 10.1. The minimum absolute atomic E-state index is 0.0891. The van der Waals surface area contributed by atoms with Crippen LogP contribution in [0, 0.1) is 5.92 Å². The molecule has 1 amide bonds. The van der Waals surface area contributed by atoms with Gasteiger partial charge in [0, 0.05) is 0 Å². The summed E-state index contributed by atoms with van der Waals surface area (Å²) in [7, 11) is 0. The van der Waals surface area contributed by atoms with Gasteiger partial charge in [0.05, 0.1) is 5.69 Å². The third kappa shape index (κ3) is 3.50. The van der Waals surface area contributed by atoms with E-state index in [1.165, 1.54) is 0 Å². The number of nitrogens with zero attached hydrogens (tertiary/aromatic N) is 2. The number of hydrogen-bond donors (Lipinski definition) is 2. The highest BCUT2D eigenvalue weighted by Crippen LogP contribution is 2.33. The van der Waals surface area contributed by atoms with Crippen molar-refractivity contribution in [3.05, 3.63) is 10.6 Å². The number of hydrogen-bond acceptors (Lipinski definition) is 5. The fourth-order valence-electron chi connectivity index (χ4n) is 1.86. The molecule has 0 bridgehead atoms. The summed E-state index contributed by atoms with van der Waals surface area (Å²) in [5, 5.41) is 15.6. The molecular formula is C12H17N3O3S. The second-order valence-corrected chi connectivity index (χ2v) is 5.94. The van der Waals surface area contributed by atoms with Crippen molar-refractivity contribution < 1.29 is 14.7 Å². The molecule has 0 aromatic carbocycles. The third-order valence-corrected chi connectivity index (χ3v) is 3.88. The van der Waals surface area contributed by atoms with Gasteiger partial charge in [0.2, 0.25) is 0 Å². The summed E-state index contributed by atoms with van der Waals surface area (Å²) in [5.74, 6) is -0.840. The van der Waals surface area contributed by atoms with E-state index in [1.807, 2.05) is 13.8 Å². The first-order valence-corrected chi connectivity index (χ1v) is 7.12. The van der Waals surface area contributed by atoms with Crippen LogP contribution in [0.1, 0.15) is 54.4 Å². The molecule has 1 heterocycles. The highest BCUT2D eigenvalue weighted by atomic mass is 32.1. The van der Waals surface area contributed by atoms with Crippen molar-refractivity contribution in [2.24, 2.45) is 5.92 Å². The van der Waals surface area contributed by atoms with Gasteiger partial charge in [-0.25, -0.2) is 4.79 Å². The Kier molecular flexibility index (Phi) is 4.14. The monoisotopic (exact) mass is 283 g/mol. The number of nitrogens with one attached hydrogen (secondary N) is 1.